The van der Waals surface area contributed by atoms with Gasteiger partial charge in [-0.05, 0) is 28.6 Å². The highest BCUT2D eigenvalue weighted by Crippen LogP contribution is 2.29. The lowest BCUT2D eigenvalue weighted by atomic mass is 9.96. The number of hydrogen-bond acceptors (Lipinski definition) is 3. The second kappa shape index (κ2) is 5.50. The van der Waals surface area contributed by atoms with Crippen molar-refractivity contribution >= 4 is 10.8 Å². The maximum Gasteiger partial charge on any atom is 0.165 e. The Morgan fingerprint density at radius 1 is 1.14 bits per heavy atom. The minimum atomic E-state index is -0.399. The Bertz CT molecular complexity index is 783. The number of pyridine rings is 1. The number of hydrogen-bond donors (Lipinski definition) is 1. The summed E-state index contributed by atoms with van der Waals surface area (Å²) in [5, 5.41) is 2.07. The van der Waals surface area contributed by atoms with E-state index in [1.54, 1.807) is 24.5 Å². The molecule has 2 N–H and O–H groups in total. The Morgan fingerprint density at radius 3 is 2.76 bits per heavy atom. The number of rotatable bonds is 3. The van der Waals surface area contributed by atoms with Crippen LogP contribution in [0.1, 0.15) is 17.2 Å². The van der Waals surface area contributed by atoms with Gasteiger partial charge in [0.25, 0.3) is 0 Å². The summed E-state index contributed by atoms with van der Waals surface area (Å²) >= 11 is 0. The van der Waals surface area contributed by atoms with Crippen LogP contribution in [0.25, 0.3) is 10.8 Å². The van der Waals surface area contributed by atoms with Gasteiger partial charge in [-0.1, -0.05) is 30.3 Å². The van der Waals surface area contributed by atoms with Crippen LogP contribution in [0.4, 0.5) is 4.39 Å². The topological polar surface area (TPSA) is 48.1 Å². The number of ether oxygens (including phenoxy) is 1. The Balaban J connectivity index is 2.10. The van der Waals surface area contributed by atoms with Crippen molar-refractivity contribution in [1.82, 2.24) is 4.98 Å². The summed E-state index contributed by atoms with van der Waals surface area (Å²) in [6.07, 6.45) is 3.56. The predicted molar refractivity (Wildman–Crippen MR) is 80.7 cm³/mol. The van der Waals surface area contributed by atoms with Crippen molar-refractivity contribution < 1.29 is 9.13 Å². The molecule has 0 spiro atoms. The van der Waals surface area contributed by atoms with Gasteiger partial charge in [-0.15, -0.1) is 0 Å². The molecule has 0 amide bonds. The van der Waals surface area contributed by atoms with Gasteiger partial charge in [-0.3, -0.25) is 4.98 Å². The quantitative estimate of drug-likeness (QED) is 0.800. The largest absolute Gasteiger partial charge is 0.494 e. The Hall–Kier alpha value is -2.46. The fourth-order valence-corrected chi connectivity index (χ4v) is 2.44. The first-order chi connectivity index (χ1) is 10.2. The Labute approximate surface area is 122 Å². The number of aromatic nitrogens is 1. The zero-order chi connectivity index (χ0) is 14.8. The van der Waals surface area contributed by atoms with E-state index in [2.05, 4.69) is 4.98 Å². The van der Waals surface area contributed by atoms with E-state index < -0.39 is 11.9 Å². The molecule has 0 aliphatic heterocycles. The van der Waals surface area contributed by atoms with Crippen molar-refractivity contribution in [2.45, 2.75) is 6.04 Å². The fourth-order valence-electron chi connectivity index (χ4n) is 2.44. The third-order valence-electron chi connectivity index (χ3n) is 3.57. The second-order valence-corrected chi connectivity index (χ2v) is 4.82. The number of halogens is 1. The highest BCUT2D eigenvalue weighted by Gasteiger charge is 2.14. The van der Waals surface area contributed by atoms with Crippen LogP contribution in [-0.4, -0.2) is 12.1 Å². The molecule has 0 aliphatic carbocycles. The standard InChI is InChI=1S/C17H15FN2O/c1-21-16-8-11(6-7-15(16)18)17(19)14-10-20-9-12-4-2-3-5-13(12)14/h2-10,17H,19H2,1H3. The van der Waals surface area contributed by atoms with Crippen LogP contribution in [-0.2, 0) is 0 Å². The van der Waals surface area contributed by atoms with Gasteiger partial charge in [0.2, 0.25) is 0 Å². The van der Waals surface area contributed by atoms with E-state index in [0.717, 1.165) is 21.9 Å². The van der Waals surface area contributed by atoms with E-state index in [1.165, 1.54) is 13.2 Å². The zero-order valence-corrected chi connectivity index (χ0v) is 11.6. The summed E-state index contributed by atoms with van der Waals surface area (Å²) in [6.45, 7) is 0. The number of methoxy groups -OCH3 is 1. The van der Waals surface area contributed by atoms with Crippen LogP contribution in [0.3, 0.4) is 0 Å². The van der Waals surface area contributed by atoms with Gasteiger partial charge in [-0.25, -0.2) is 4.39 Å². The molecule has 0 saturated heterocycles. The van der Waals surface area contributed by atoms with Gasteiger partial charge in [0.05, 0.1) is 13.2 Å². The average Bonchev–Trinajstić information content (AvgIpc) is 2.54. The number of nitrogens with zero attached hydrogens (tertiary/aromatic N) is 1. The highest BCUT2D eigenvalue weighted by atomic mass is 19.1. The summed E-state index contributed by atoms with van der Waals surface area (Å²) in [5.74, 6) is -0.208. The van der Waals surface area contributed by atoms with Crippen LogP contribution in [0.2, 0.25) is 0 Å². The second-order valence-electron chi connectivity index (χ2n) is 4.82. The van der Waals surface area contributed by atoms with E-state index in [0.29, 0.717) is 0 Å². The molecule has 21 heavy (non-hydrogen) atoms. The Kier molecular flexibility index (Phi) is 3.54. The smallest absolute Gasteiger partial charge is 0.165 e. The van der Waals surface area contributed by atoms with Crippen molar-refractivity contribution in [2.24, 2.45) is 5.73 Å². The normalized spacial score (nSPS) is 12.3. The van der Waals surface area contributed by atoms with Crippen molar-refractivity contribution in [3.05, 3.63) is 71.8 Å². The zero-order valence-electron chi connectivity index (χ0n) is 11.6. The van der Waals surface area contributed by atoms with E-state index >= 15 is 0 Å². The first-order valence-corrected chi connectivity index (χ1v) is 6.62. The lowest BCUT2D eigenvalue weighted by Crippen LogP contribution is -2.13. The molecule has 3 aromatic rings. The maximum atomic E-state index is 13.5. The predicted octanol–water partition coefficient (Wildman–Crippen LogP) is 3.43. The third-order valence-corrected chi connectivity index (χ3v) is 3.57. The lowest BCUT2D eigenvalue weighted by Gasteiger charge is -2.15. The van der Waals surface area contributed by atoms with Gasteiger partial charge < -0.3 is 10.5 Å². The molecule has 2 aromatic carbocycles. The molecule has 0 bridgehead atoms. The van der Waals surface area contributed by atoms with Gasteiger partial charge in [-0.2, -0.15) is 0 Å². The summed E-state index contributed by atoms with van der Waals surface area (Å²) in [6, 6.07) is 12.2. The number of fused-ring (bicyclic) bond motifs is 1. The molecule has 3 rings (SSSR count). The van der Waals surface area contributed by atoms with E-state index in [9.17, 15) is 4.39 Å². The van der Waals surface area contributed by atoms with Gasteiger partial charge in [0.1, 0.15) is 0 Å². The van der Waals surface area contributed by atoms with Crippen LogP contribution < -0.4 is 10.5 Å². The van der Waals surface area contributed by atoms with Crippen LogP contribution in [0, 0.1) is 5.82 Å². The van der Waals surface area contributed by atoms with Crippen molar-refractivity contribution in [3.8, 4) is 5.75 Å². The maximum absolute atomic E-state index is 13.5. The summed E-state index contributed by atoms with van der Waals surface area (Å²) in [4.78, 5) is 4.23. The highest BCUT2D eigenvalue weighted by molar-refractivity contribution is 5.85. The van der Waals surface area contributed by atoms with E-state index in [1.807, 2.05) is 24.3 Å². The number of nitrogens with two attached hydrogens (primary N) is 1. The van der Waals surface area contributed by atoms with Gasteiger partial charge in [0, 0.05) is 17.8 Å². The molecule has 0 aliphatic rings. The minimum Gasteiger partial charge on any atom is -0.494 e. The van der Waals surface area contributed by atoms with Crippen molar-refractivity contribution in [2.75, 3.05) is 7.11 Å². The molecule has 0 saturated carbocycles. The molecule has 0 fully saturated rings. The average molecular weight is 282 g/mol. The molecule has 4 heteroatoms. The van der Waals surface area contributed by atoms with E-state index in [4.69, 9.17) is 10.5 Å². The molecule has 3 nitrogen and oxygen atoms in total. The van der Waals surface area contributed by atoms with Gasteiger partial charge >= 0.3 is 0 Å². The third kappa shape index (κ3) is 2.45. The first-order valence-electron chi connectivity index (χ1n) is 6.62. The Morgan fingerprint density at radius 2 is 1.95 bits per heavy atom. The lowest BCUT2D eigenvalue weighted by molar-refractivity contribution is 0.385. The number of benzene rings is 2. The van der Waals surface area contributed by atoms with Crippen molar-refractivity contribution in [3.63, 3.8) is 0 Å². The molecular formula is C17H15FN2O. The summed E-state index contributed by atoms with van der Waals surface area (Å²) in [7, 11) is 1.44. The molecule has 1 atom stereocenters. The molecule has 0 radical (unpaired) electrons. The van der Waals surface area contributed by atoms with E-state index in [-0.39, 0.29) is 5.75 Å². The minimum absolute atomic E-state index is 0.191. The first kappa shape index (κ1) is 13.5. The monoisotopic (exact) mass is 282 g/mol. The molecule has 1 unspecified atom stereocenters. The summed E-state index contributed by atoms with van der Waals surface area (Å²) in [5.41, 5.74) is 8.03. The van der Waals surface area contributed by atoms with Crippen LogP contribution >= 0.6 is 0 Å². The fraction of sp³-hybridized carbons (Fsp3) is 0.118. The van der Waals surface area contributed by atoms with Gasteiger partial charge in [0.15, 0.2) is 11.6 Å². The van der Waals surface area contributed by atoms with Crippen LogP contribution in [0.15, 0.2) is 54.9 Å². The summed E-state index contributed by atoms with van der Waals surface area (Å²) < 4.78 is 18.5. The molecule has 1 heterocycles. The molecule has 1 aromatic heterocycles. The molecular weight excluding hydrogens is 267 g/mol. The van der Waals surface area contributed by atoms with Crippen LogP contribution in [0.5, 0.6) is 5.75 Å². The van der Waals surface area contributed by atoms with Crippen molar-refractivity contribution in [1.29, 1.82) is 0 Å². The molecule has 106 valence electrons. The SMILES string of the molecule is COc1cc(C(N)c2cncc3ccccc23)ccc1F.